The summed E-state index contributed by atoms with van der Waals surface area (Å²) in [6.45, 7) is 3.97. The van der Waals surface area contributed by atoms with Gasteiger partial charge >= 0.3 is 0 Å². The Kier molecular flexibility index (Phi) is 2.21. The first kappa shape index (κ1) is 11.2. The van der Waals surface area contributed by atoms with Crippen LogP contribution in [0.2, 0.25) is 0 Å². The summed E-state index contributed by atoms with van der Waals surface area (Å²) in [6.07, 6.45) is 0. The number of nitrogens with zero attached hydrogens (tertiary/aromatic N) is 2. The lowest BCUT2D eigenvalue weighted by molar-refractivity contribution is -0.659. The summed E-state index contributed by atoms with van der Waals surface area (Å²) in [5.41, 5.74) is 5.06. The molecule has 4 aromatic rings. The molecule has 4 nitrogen and oxygen atoms in total. The zero-order chi connectivity index (χ0) is 13.7. The number of fused-ring (bicyclic) bond motifs is 2. The highest BCUT2D eigenvalue weighted by Crippen LogP contribution is 2.19. The molecule has 4 heteroatoms. The zero-order valence-electron chi connectivity index (χ0n) is 11.3. The highest BCUT2D eigenvalue weighted by atomic mass is 16.3. The van der Waals surface area contributed by atoms with Gasteiger partial charge in [-0.15, -0.1) is 0 Å². The molecule has 2 heterocycles. The molecule has 0 bridgehead atoms. The second-order valence-electron chi connectivity index (χ2n) is 4.96. The van der Waals surface area contributed by atoms with Gasteiger partial charge in [0, 0.05) is 26.0 Å². The van der Waals surface area contributed by atoms with Gasteiger partial charge in [0.15, 0.2) is 11.5 Å². The fraction of sp³-hybridized carbons (Fsp3) is 0.125. The van der Waals surface area contributed by atoms with Crippen LogP contribution in [0.1, 0.15) is 11.6 Å². The van der Waals surface area contributed by atoms with E-state index >= 15 is 0 Å². The fourth-order valence-corrected chi connectivity index (χ4v) is 2.65. The second kappa shape index (κ2) is 3.93. The first-order valence-corrected chi connectivity index (χ1v) is 6.59. The molecule has 98 valence electrons. The van der Waals surface area contributed by atoms with E-state index in [9.17, 15) is 0 Å². The van der Waals surface area contributed by atoms with E-state index in [2.05, 4.69) is 39.9 Å². The molecule has 0 amide bonds. The van der Waals surface area contributed by atoms with Crippen molar-refractivity contribution in [2.24, 2.45) is 0 Å². The van der Waals surface area contributed by atoms with Crippen molar-refractivity contribution in [3.05, 3.63) is 54.0 Å². The molecule has 0 saturated carbocycles. The first-order chi connectivity index (χ1) is 9.72. The lowest BCUT2D eigenvalue weighted by Gasteiger charge is -1.92. The van der Waals surface area contributed by atoms with Crippen LogP contribution in [0.25, 0.3) is 27.7 Å². The molecule has 0 aliphatic carbocycles. The minimum atomic E-state index is 0.690. The molecule has 2 aromatic heterocycles. The number of hydrogen-bond acceptors (Lipinski definition) is 2. The Morgan fingerprint density at radius 3 is 2.80 bits per heavy atom. The predicted molar refractivity (Wildman–Crippen MR) is 76.9 cm³/mol. The Bertz CT molecular complexity index is 933. The van der Waals surface area contributed by atoms with Crippen LogP contribution in [0, 0.1) is 13.8 Å². The number of benzene rings is 2. The van der Waals surface area contributed by atoms with E-state index in [0.717, 1.165) is 22.3 Å². The van der Waals surface area contributed by atoms with Gasteiger partial charge < -0.3 is 4.42 Å². The largest absolute Gasteiger partial charge is 0.441 e. The van der Waals surface area contributed by atoms with E-state index in [1.54, 1.807) is 0 Å². The van der Waals surface area contributed by atoms with Gasteiger partial charge in [0.05, 0.1) is 5.39 Å². The highest BCUT2D eigenvalue weighted by Gasteiger charge is 2.18. The molecule has 0 aliphatic rings. The van der Waals surface area contributed by atoms with E-state index in [4.69, 9.17) is 4.42 Å². The maximum absolute atomic E-state index is 5.52. The van der Waals surface area contributed by atoms with Crippen LogP contribution in [0.3, 0.4) is 0 Å². The number of H-pyrrole nitrogens is 1. The monoisotopic (exact) mass is 264 g/mol. The molecule has 4 rings (SSSR count). The molecule has 0 fully saturated rings. The van der Waals surface area contributed by atoms with Gasteiger partial charge in [-0.3, -0.25) is 0 Å². The number of aryl methyl sites for hydroxylation is 2. The van der Waals surface area contributed by atoms with E-state index in [1.165, 1.54) is 11.1 Å². The maximum atomic E-state index is 5.52. The van der Waals surface area contributed by atoms with Gasteiger partial charge in [-0.1, -0.05) is 16.8 Å². The number of rotatable bonds is 1. The van der Waals surface area contributed by atoms with Crippen molar-refractivity contribution in [3.8, 4) is 5.69 Å². The Balaban J connectivity index is 1.97. The molecule has 0 aliphatic heterocycles. The van der Waals surface area contributed by atoms with Crippen molar-refractivity contribution in [3.63, 3.8) is 0 Å². The van der Waals surface area contributed by atoms with Crippen molar-refractivity contribution in [1.29, 1.82) is 0 Å². The highest BCUT2D eigenvalue weighted by molar-refractivity contribution is 5.80. The Hall–Kier alpha value is -2.62. The number of para-hydroxylation sites is 1. The fourth-order valence-electron chi connectivity index (χ4n) is 2.65. The summed E-state index contributed by atoms with van der Waals surface area (Å²) in [5.74, 6) is 0.690. The SMILES string of the molecule is Cc1nc2cc(-[n+]3[nH]c4ccccc4c3C)ccc2o1. The Morgan fingerprint density at radius 1 is 1.10 bits per heavy atom. The van der Waals surface area contributed by atoms with Crippen LogP contribution < -0.4 is 4.68 Å². The normalized spacial score (nSPS) is 11.5. The minimum absolute atomic E-state index is 0.690. The lowest BCUT2D eigenvalue weighted by atomic mass is 10.2. The quantitative estimate of drug-likeness (QED) is 0.537. The lowest BCUT2D eigenvalue weighted by Crippen LogP contribution is -2.35. The predicted octanol–water partition coefficient (Wildman–Crippen LogP) is 3.20. The summed E-state index contributed by atoms with van der Waals surface area (Å²) >= 11 is 0. The van der Waals surface area contributed by atoms with E-state index < -0.39 is 0 Å². The summed E-state index contributed by atoms with van der Waals surface area (Å²) in [5, 5.41) is 4.64. The van der Waals surface area contributed by atoms with Crippen LogP contribution in [0.5, 0.6) is 0 Å². The van der Waals surface area contributed by atoms with E-state index in [1.807, 2.05) is 31.2 Å². The Labute approximate surface area is 115 Å². The first-order valence-electron chi connectivity index (χ1n) is 6.59. The van der Waals surface area contributed by atoms with Crippen molar-refractivity contribution in [2.75, 3.05) is 0 Å². The summed E-state index contributed by atoms with van der Waals surface area (Å²) in [7, 11) is 0. The van der Waals surface area contributed by atoms with E-state index in [-0.39, 0.29) is 0 Å². The summed E-state index contributed by atoms with van der Waals surface area (Å²) in [4.78, 5) is 4.39. The molecule has 0 saturated heterocycles. The molecule has 0 atom stereocenters. The van der Waals surface area contributed by atoms with Crippen LogP contribution in [-0.2, 0) is 0 Å². The minimum Gasteiger partial charge on any atom is -0.441 e. The van der Waals surface area contributed by atoms with Gasteiger partial charge in [-0.2, -0.15) is 5.10 Å². The van der Waals surface area contributed by atoms with Crippen molar-refractivity contribution < 1.29 is 9.10 Å². The van der Waals surface area contributed by atoms with Crippen molar-refractivity contribution in [2.45, 2.75) is 13.8 Å². The molecular weight excluding hydrogens is 250 g/mol. The molecule has 20 heavy (non-hydrogen) atoms. The van der Waals surface area contributed by atoms with Crippen LogP contribution in [-0.4, -0.2) is 10.1 Å². The number of nitrogens with one attached hydrogen (secondary N) is 1. The molecule has 1 N–H and O–H groups in total. The van der Waals surface area contributed by atoms with E-state index in [0.29, 0.717) is 5.89 Å². The number of oxazole rings is 1. The standard InChI is InChI=1S/C16H13N3O/c1-10-13-5-3-4-6-14(13)18-19(10)12-7-8-16-15(9-12)17-11(2)20-16/h3-9H,1-2H3/p+1. The third-order valence-corrected chi connectivity index (χ3v) is 3.62. The third kappa shape index (κ3) is 1.54. The summed E-state index contributed by atoms with van der Waals surface area (Å²) in [6, 6.07) is 14.3. The van der Waals surface area contributed by atoms with Gasteiger partial charge in [0.1, 0.15) is 11.0 Å². The van der Waals surface area contributed by atoms with Crippen LogP contribution in [0.15, 0.2) is 46.9 Å². The zero-order valence-corrected chi connectivity index (χ0v) is 11.3. The third-order valence-electron chi connectivity index (χ3n) is 3.62. The Morgan fingerprint density at radius 2 is 1.95 bits per heavy atom. The van der Waals surface area contributed by atoms with Gasteiger partial charge in [-0.25, -0.2) is 4.98 Å². The number of aromatic nitrogens is 3. The van der Waals surface area contributed by atoms with Gasteiger partial charge in [0.25, 0.3) is 0 Å². The molecule has 0 radical (unpaired) electrons. The summed E-state index contributed by atoms with van der Waals surface area (Å²) < 4.78 is 7.59. The van der Waals surface area contributed by atoms with Gasteiger partial charge in [-0.05, 0) is 18.2 Å². The number of hydrogen-bond donors (Lipinski definition) is 1. The van der Waals surface area contributed by atoms with Crippen LogP contribution in [0.4, 0.5) is 0 Å². The molecule has 0 spiro atoms. The topological polar surface area (TPSA) is 45.7 Å². The average Bonchev–Trinajstić information content (AvgIpc) is 2.98. The smallest absolute Gasteiger partial charge is 0.238 e. The van der Waals surface area contributed by atoms with Crippen molar-refractivity contribution >= 4 is 22.0 Å². The average molecular weight is 264 g/mol. The van der Waals surface area contributed by atoms with Gasteiger partial charge in [0.2, 0.25) is 11.4 Å². The molecular formula is C16H14N3O+. The number of aromatic amines is 1. The van der Waals surface area contributed by atoms with Crippen LogP contribution >= 0.6 is 0 Å². The molecule has 2 aromatic carbocycles. The van der Waals surface area contributed by atoms with Crippen molar-refractivity contribution in [1.82, 2.24) is 10.1 Å². The molecule has 0 unspecified atom stereocenters. The maximum Gasteiger partial charge on any atom is 0.238 e. The second-order valence-corrected chi connectivity index (χ2v) is 4.96.